The number of fused-ring (bicyclic) bond motifs is 1. The van der Waals surface area contributed by atoms with E-state index in [0.29, 0.717) is 32.9 Å². The van der Waals surface area contributed by atoms with E-state index in [9.17, 15) is 13.2 Å². The van der Waals surface area contributed by atoms with Crippen molar-refractivity contribution in [3.63, 3.8) is 0 Å². The van der Waals surface area contributed by atoms with Gasteiger partial charge in [-0.1, -0.05) is 43.1 Å². The average Bonchev–Trinajstić information content (AvgIpc) is 3.33. The Balaban J connectivity index is 0.00000167. The van der Waals surface area contributed by atoms with Gasteiger partial charge in [-0.2, -0.15) is 5.10 Å². The molecule has 35 heavy (non-hydrogen) atoms. The molecule has 4 rings (SSSR count). The fourth-order valence-corrected chi connectivity index (χ4v) is 5.08. The van der Waals surface area contributed by atoms with E-state index in [1.54, 1.807) is 42.1 Å². The highest BCUT2D eigenvalue weighted by molar-refractivity contribution is 7.89. The lowest BCUT2D eigenvalue weighted by atomic mass is 9.95. The van der Waals surface area contributed by atoms with Crippen LogP contribution in [-0.4, -0.2) is 42.6 Å². The number of methoxy groups -OCH3 is 1. The SMILES string of the molecule is CC.COc1ccc(S(=O)(=O)N(C)C(=O)C2=C(C)Nc3ccnn3C2c2ccc(Cl)c(Cl)c2)cc1. The third kappa shape index (κ3) is 5.03. The lowest BCUT2D eigenvalue weighted by molar-refractivity contribution is -0.122. The Labute approximate surface area is 215 Å². The number of nitrogens with one attached hydrogen (secondary N) is 1. The summed E-state index contributed by atoms with van der Waals surface area (Å²) in [5.74, 6) is 0.456. The van der Waals surface area contributed by atoms with E-state index in [1.807, 2.05) is 13.8 Å². The summed E-state index contributed by atoms with van der Waals surface area (Å²) in [6.45, 7) is 5.71. The number of amides is 1. The van der Waals surface area contributed by atoms with Crippen LogP contribution in [0.4, 0.5) is 5.82 Å². The van der Waals surface area contributed by atoms with Gasteiger partial charge >= 0.3 is 0 Å². The number of hydrogen-bond donors (Lipinski definition) is 1. The fourth-order valence-electron chi connectivity index (χ4n) is 3.66. The highest BCUT2D eigenvalue weighted by Gasteiger charge is 2.37. The zero-order valence-corrected chi connectivity index (χ0v) is 22.2. The van der Waals surface area contributed by atoms with Gasteiger partial charge in [0, 0.05) is 18.8 Å². The van der Waals surface area contributed by atoms with Gasteiger partial charge in [-0.05, 0) is 48.9 Å². The number of benzene rings is 2. The molecular weight excluding hydrogens is 511 g/mol. The minimum absolute atomic E-state index is 0.0352. The normalized spacial score (nSPS) is 14.9. The van der Waals surface area contributed by atoms with Crippen molar-refractivity contribution in [2.24, 2.45) is 0 Å². The molecule has 0 saturated carbocycles. The molecule has 8 nitrogen and oxygen atoms in total. The second kappa shape index (κ2) is 10.7. The van der Waals surface area contributed by atoms with E-state index < -0.39 is 22.0 Å². The highest BCUT2D eigenvalue weighted by Crippen LogP contribution is 2.38. The number of likely N-dealkylation sites (N-methyl/N-ethyl adjacent to an activating group) is 1. The van der Waals surface area contributed by atoms with Crippen LogP contribution in [0.5, 0.6) is 5.75 Å². The molecule has 3 aromatic rings. The molecule has 0 spiro atoms. The maximum absolute atomic E-state index is 13.6. The standard InChI is InChI=1S/C22H20Cl2N4O4S.C2H6/c1-13-20(22(29)27(2)33(30,31)16-7-5-15(32-3)6-8-16)21(28-19(26-13)10-11-25-28)14-4-9-17(23)18(24)12-14;1-2/h4-12,21,26H,1-3H3;1-2H3. The summed E-state index contributed by atoms with van der Waals surface area (Å²) < 4.78 is 33.9. The van der Waals surface area contributed by atoms with Gasteiger partial charge in [0.2, 0.25) is 0 Å². The van der Waals surface area contributed by atoms with E-state index in [0.717, 1.165) is 4.31 Å². The zero-order valence-electron chi connectivity index (χ0n) is 19.9. The first-order chi connectivity index (χ1) is 16.6. The van der Waals surface area contributed by atoms with Gasteiger partial charge in [-0.25, -0.2) is 17.4 Å². The van der Waals surface area contributed by atoms with E-state index in [4.69, 9.17) is 27.9 Å². The molecule has 0 aliphatic carbocycles. The Bertz CT molecular complexity index is 1370. The van der Waals surface area contributed by atoms with Gasteiger partial charge in [-0.15, -0.1) is 0 Å². The smallest absolute Gasteiger partial charge is 0.267 e. The Kier molecular flexibility index (Phi) is 8.15. The van der Waals surface area contributed by atoms with E-state index in [2.05, 4.69) is 10.4 Å². The maximum atomic E-state index is 13.6. The van der Waals surface area contributed by atoms with Crippen molar-refractivity contribution in [1.29, 1.82) is 0 Å². The van der Waals surface area contributed by atoms with E-state index in [-0.39, 0.29) is 10.5 Å². The lowest BCUT2D eigenvalue weighted by Crippen LogP contribution is -2.39. The molecule has 11 heteroatoms. The number of anilines is 1. The van der Waals surface area contributed by atoms with Crippen molar-refractivity contribution in [1.82, 2.24) is 14.1 Å². The molecule has 0 saturated heterocycles. The molecule has 1 N–H and O–H groups in total. The van der Waals surface area contributed by atoms with E-state index >= 15 is 0 Å². The molecule has 2 aromatic carbocycles. The van der Waals surface area contributed by atoms with Crippen LogP contribution in [0.25, 0.3) is 0 Å². The molecule has 186 valence electrons. The summed E-state index contributed by atoms with van der Waals surface area (Å²) >= 11 is 12.3. The van der Waals surface area contributed by atoms with Crippen molar-refractivity contribution in [3.8, 4) is 5.75 Å². The molecule has 1 unspecified atom stereocenters. The lowest BCUT2D eigenvalue weighted by Gasteiger charge is -2.31. The summed E-state index contributed by atoms with van der Waals surface area (Å²) in [7, 11) is -1.42. The van der Waals surface area contributed by atoms with Crippen LogP contribution in [-0.2, 0) is 14.8 Å². The molecule has 2 heterocycles. The second-order valence-corrected chi connectivity index (χ2v) is 10.1. The van der Waals surface area contributed by atoms with E-state index in [1.165, 1.54) is 38.4 Å². The molecule has 1 aliphatic heterocycles. The Morgan fingerprint density at radius 1 is 1.09 bits per heavy atom. The molecule has 1 aliphatic rings. The first kappa shape index (κ1) is 26.6. The third-order valence-corrected chi connectivity index (χ3v) is 7.90. The summed E-state index contributed by atoms with van der Waals surface area (Å²) in [6.07, 6.45) is 1.59. The van der Waals surface area contributed by atoms with Crippen molar-refractivity contribution in [3.05, 3.63) is 81.6 Å². The Morgan fingerprint density at radius 2 is 1.74 bits per heavy atom. The Morgan fingerprint density at radius 3 is 2.34 bits per heavy atom. The molecule has 0 fully saturated rings. The molecule has 1 amide bonds. The fraction of sp³-hybridized carbons (Fsp3) is 0.250. The number of sulfonamides is 1. The van der Waals surface area contributed by atoms with Crippen LogP contribution < -0.4 is 10.1 Å². The number of nitrogens with zero attached hydrogens (tertiary/aromatic N) is 3. The first-order valence-electron chi connectivity index (χ1n) is 10.8. The van der Waals surface area contributed by atoms with Crippen LogP contribution in [0, 0.1) is 0 Å². The molecule has 1 atom stereocenters. The van der Waals surface area contributed by atoms with Crippen molar-refractivity contribution in [2.75, 3.05) is 19.5 Å². The van der Waals surface area contributed by atoms with Gasteiger partial charge in [-0.3, -0.25) is 4.79 Å². The number of halogens is 2. The van der Waals surface area contributed by atoms with Crippen molar-refractivity contribution in [2.45, 2.75) is 31.7 Å². The minimum atomic E-state index is -4.13. The summed E-state index contributed by atoms with van der Waals surface area (Å²) in [5, 5.41) is 8.14. The third-order valence-electron chi connectivity index (χ3n) is 5.40. The predicted molar refractivity (Wildman–Crippen MR) is 137 cm³/mol. The molecule has 0 bridgehead atoms. The maximum Gasteiger partial charge on any atom is 0.267 e. The number of allylic oxidation sites excluding steroid dienone is 1. The Hall–Kier alpha value is -3.01. The zero-order chi connectivity index (χ0) is 25.9. The quantitative estimate of drug-likeness (QED) is 0.471. The summed E-state index contributed by atoms with van der Waals surface area (Å²) in [6, 6.07) is 11.9. The van der Waals surface area contributed by atoms with Crippen LogP contribution in [0.3, 0.4) is 0 Å². The second-order valence-electron chi connectivity index (χ2n) is 7.35. The van der Waals surface area contributed by atoms with Crippen LogP contribution in [0.15, 0.2) is 70.9 Å². The number of hydrogen-bond acceptors (Lipinski definition) is 6. The monoisotopic (exact) mass is 536 g/mol. The molecular formula is C24H26Cl2N4O4S. The van der Waals surface area contributed by atoms with Gasteiger partial charge in [0.1, 0.15) is 17.6 Å². The summed E-state index contributed by atoms with van der Waals surface area (Å²) in [4.78, 5) is 13.6. The number of carbonyl (C=O) groups excluding carboxylic acids is 1. The number of aromatic nitrogens is 2. The number of ether oxygens (including phenoxy) is 1. The van der Waals surface area contributed by atoms with Gasteiger partial charge in [0.05, 0.1) is 33.8 Å². The van der Waals surface area contributed by atoms with Gasteiger partial charge < -0.3 is 10.1 Å². The first-order valence-corrected chi connectivity index (χ1v) is 13.0. The minimum Gasteiger partial charge on any atom is -0.497 e. The van der Waals surface area contributed by atoms with Gasteiger partial charge in [0.25, 0.3) is 15.9 Å². The van der Waals surface area contributed by atoms with Crippen LogP contribution >= 0.6 is 23.2 Å². The van der Waals surface area contributed by atoms with Crippen LogP contribution in [0.1, 0.15) is 32.4 Å². The molecule has 1 aromatic heterocycles. The number of carbonyl (C=O) groups is 1. The largest absolute Gasteiger partial charge is 0.497 e. The topological polar surface area (TPSA) is 93.5 Å². The highest BCUT2D eigenvalue weighted by atomic mass is 35.5. The average molecular weight is 537 g/mol. The van der Waals surface area contributed by atoms with Crippen LogP contribution in [0.2, 0.25) is 10.0 Å². The molecule has 0 radical (unpaired) electrons. The van der Waals surface area contributed by atoms with Crippen molar-refractivity contribution >= 4 is 45.0 Å². The van der Waals surface area contributed by atoms with Gasteiger partial charge in [0.15, 0.2) is 0 Å². The van der Waals surface area contributed by atoms with Crippen molar-refractivity contribution < 1.29 is 17.9 Å². The number of rotatable bonds is 5. The summed E-state index contributed by atoms with van der Waals surface area (Å²) in [5.41, 5.74) is 1.35. The predicted octanol–water partition coefficient (Wildman–Crippen LogP) is 5.36.